The van der Waals surface area contributed by atoms with Gasteiger partial charge in [0, 0.05) is 13.0 Å². The van der Waals surface area contributed by atoms with Crippen LogP contribution < -0.4 is 10.6 Å². The van der Waals surface area contributed by atoms with Crippen LogP contribution in [0.4, 0.5) is 0 Å². The second-order valence-corrected chi connectivity index (χ2v) is 5.16. The topological polar surface area (TPSA) is 63.0 Å². The van der Waals surface area contributed by atoms with Crippen molar-refractivity contribution in [1.29, 1.82) is 0 Å². The summed E-state index contributed by atoms with van der Waals surface area (Å²) in [5.74, 6) is 2.83. The lowest BCUT2D eigenvalue weighted by molar-refractivity contribution is 0.341. The van der Waals surface area contributed by atoms with Gasteiger partial charge in [-0.3, -0.25) is 0 Å². The van der Waals surface area contributed by atoms with Gasteiger partial charge in [-0.1, -0.05) is 5.16 Å². The maximum Gasteiger partial charge on any atom is 0.231 e. The molecule has 2 N–H and O–H groups in total. The minimum Gasteiger partial charge on any atom is -0.339 e. The van der Waals surface area contributed by atoms with Gasteiger partial charge in [-0.05, 0) is 44.8 Å². The first-order chi connectivity index (χ1) is 8.42. The van der Waals surface area contributed by atoms with Crippen LogP contribution in [0.1, 0.15) is 36.9 Å². The van der Waals surface area contributed by atoms with E-state index in [2.05, 4.69) is 20.8 Å². The molecule has 0 aromatic carbocycles. The summed E-state index contributed by atoms with van der Waals surface area (Å²) >= 11 is 0. The molecule has 94 valence electrons. The smallest absolute Gasteiger partial charge is 0.231 e. The third kappa shape index (κ3) is 2.66. The van der Waals surface area contributed by atoms with Crippen LogP contribution in [0.3, 0.4) is 0 Å². The van der Waals surface area contributed by atoms with Crippen LogP contribution in [0.5, 0.6) is 0 Å². The van der Waals surface area contributed by atoms with Crippen molar-refractivity contribution >= 4 is 0 Å². The van der Waals surface area contributed by atoms with Gasteiger partial charge in [0.2, 0.25) is 5.89 Å². The summed E-state index contributed by atoms with van der Waals surface area (Å²) in [5.41, 5.74) is 0. The fourth-order valence-electron chi connectivity index (χ4n) is 2.74. The first-order valence-corrected chi connectivity index (χ1v) is 6.66. The highest BCUT2D eigenvalue weighted by molar-refractivity contribution is 4.98. The normalized spacial score (nSPS) is 29.6. The van der Waals surface area contributed by atoms with Crippen LogP contribution in [0.25, 0.3) is 0 Å². The maximum absolute atomic E-state index is 5.37. The van der Waals surface area contributed by atoms with Crippen LogP contribution in [-0.2, 0) is 6.42 Å². The van der Waals surface area contributed by atoms with Crippen LogP contribution in [-0.4, -0.2) is 36.3 Å². The van der Waals surface area contributed by atoms with Gasteiger partial charge in [0.25, 0.3) is 0 Å². The summed E-state index contributed by atoms with van der Waals surface area (Å²) in [7, 11) is 0. The van der Waals surface area contributed by atoms with Gasteiger partial charge < -0.3 is 15.2 Å². The molecule has 1 aromatic heterocycles. The van der Waals surface area contributed by atoms with E-state index >= 15 is 0 Å². The average Bonchev–Trinajstić information content (AvgIpc) is 3.00. The Bertz CT molecular complexity index is 353. The predicted octanol–water partition coefficient (Wildman–Crippen LogP) is 0.689. The lowest BCUT2D eigenvalue weighted by atomic mass is 9.96. The number of rotatable bonds is 3. The van der Waals surface area contributed by atoms with Crippen molar-refractivity contribution in [2.24, 2.45) is 5.92 Å². The molecule has 5 heteroatoms. The third-order valence-corrected chi connectivity index (χ3v) is 3.76. The molecule has 0 amide bonds. The molecule has 2 saturated heterocycles. The predicted molar refractivity (Wildman–Crippen MR) is 63.8 cm³/mol. The fraction of sp³-hybridized carbons (Fsp3) is 0.833. The second-order valence-electron chi connectivity index (χ2n) is 5.16. The van der Waals surface area contributed by atoms with Crippen LogP contribution in [0.15, 0.2) is 4.52 Å². The fourth-order valence-corrected chi connectivity index (χ4v) is 2.74. The molecule has 0 spiro atoms. The molecular weight excluding hydrogens is 216 g/mol. The molecule has 2 aliphatic rings. The first kappa shape index (κ1) is 11.2. The molecule has 5 nitrogen and oxygen atoms in total. The van der Waals surface area contributed by atoms with Crippen molar-refractivity contribution in [2.75, 3.05) is 26.2 Å². The Morgan fingerprint density at radius 1 is 1.18 bits per heavy atom. The van der Waals surface area contributed by atoms with Crippen molar-refractivity contribution in [2.45, 2.75) is 31.6 Å². The monoisotopic (exact) mass is 236 g/mol. The maximum atomic E-state index is 5.37. The minimum atomic E-state index is 0.431. The minimum absolute atomic E-state index is 0.431. The number of hydrogen-bond acceptors (Lipinski definition) is 5. The van der Waals surface area contributed by atoms with E-state index in [0.29, 0.717) is 11.8 Å². The van der Waals surface area contributed by atoms with Crippen molar-refractivity contribution in [3.8, 4) is 0 Å². The molecule has 0 aliphatic carbocycles. The van der Waals surface area contributed by atoms with E-state index < -0.39 is 0 Å². The number of piperidine rings is 1. The molecule has 1 aromatic rings. The van der Waals surface area contributed by atoms with Crippen LogP contribution in [0.2, 0.25) is 0 Å². The number of hydrogen-bond donors (Lipinski definition) is 2. The van der Waals surface area contributed by atoms with Gasteiger partial charge in [0.1, 0.15) is 0 Å². The van der Waals surface area contributed by atoms with Crippen molar-refractivity contribution in [3.63, 3.8) is 0 Å². The number of nitrogens with one attached hydrogen (secondary N) is 2. The zero-order valence-electron chi connectivity index (χ0n) is 10.1. The van der Waals surface area contributed by atoms with Gasteiger partial charge in [0.05, 0.1) is 5.92 Å². The molecule has 2 atom stereocenters. The van der Waals surface area contributed by atoms with Gasteiger partial charge in [-0.15, -0.1) is 0 Å². The molecule has 3 rings (SSSR count). The van der Waals surface area contributed by atoms with E-state index in [1.807, 2.05) is 0 Å². The van der Waals surface area contributed by atoms with E-state index in [0.717, 1.165) is 50.7 Å². The summed E-state index contributed by atoms with van der Waals surface area (Å²) in [6.45, 7) is 4.29. The van der Waals surface area contributed by atoms with Gasteiger partial charge >= 0.3 is 0 Å². The zero-order chi connectivity index (χ0) is 11.5. The molecule has 0 bridgehead atoms. The van der Waals surface area contributed by atoms with Gasteiger partial charge in [-0.2, -0.15) is 4.98 Å². The lowest BCUT2D eigenvalue weighted by Crippen LogP contribution is -2.31. The van der Waals surface area contributed by atoms with E-state index in [9.17, 15) is 0 Å². The first-order valence-electron chi connectivity index (χ1n) is 6.66. The lowest BCUT2D eigenvalue weighted by Gasteiger charge is -2.20. The quantitative estimate of drug-likeness (QED) is 0.808. The molecule has 2 unspecified atom stereocenters. The zero-order valence-corrected chi connectivity index (χ0v) is 10.1. The second kappa shape index (κ2) is 5.14. The number of aromatic nitrogens is 2. The average molecular weight is 236 g/mol. The molecule has 3 heterocycles. The third-order valence-electron chi connectivity index (χ3n) is 3.76. The number of nitrogens with zero attached hydrogens (tertiary/aromatic N) is 2. The highest BCUT2D eigenvalue weighted by atomic mass is 16.5. The van der Waals surface area contributed by atoms with Crippen molar-refractivity contribution in [1.82, 2.24) is 20.8 Å². The Labute approximate surface area is 101 Å². The molecule has 0 radical (unpaired) electrons. The SMILES string of the molecule is C1CNCC(Cc2noc(C3CCNC3)n2)C1. The Kier molecular flexibility index (Phi) is 3.38. The molecular formula is C12H20N4O. The van der Waals surface area contributed by atoms with Gasteiger partial charge in [0.15, 0.2) is 5.82 Å². The van der Waals surface area contributed by atoms with E-state index in [4.69, 9.17) is 4.52 Å². The summed E-state index contributed by atoms with van der Waals surface area (Å²) in [5, 5.41) is 10.9. The summed E-state index contributed by atoms with van der Waals surface area (Å²) in [6.07, 6.45) is 4.62. The van der Waals surface area contributed by atoms with Gasteiger partial charge in [-0.25, -0.2) is 0 Å². The summed E-state index contributed by atoms with van der Waals surface area (Å²) in [4.78, 5) is 4.54. The molecule has 2 fully saturated rings. The molecule has 17 heavy (non-hydrogen) atoms. The van der Waals surface area contributed by atoms with E-state index in [1.54, 1.807) is 0 Å². The summed E-state index contributed by atoms with van der Waals surface area (Å²) < 4.78 is 5.37. The highest BCUT2D eigenvalue weighted by Gasteiger charge is 2.23. The van der Waals surface area contributed by atoms with Crippen LogP contribution >= 0.6 is 0 Å². The highest BCUT2D eigenvalue weighted by Crippen LogP contribution is 2.21. The Morgan fingerprint density at radius 3 is 2.88 bits per heavy atom. The van der Waals surface area contributed by atoms with Crippen LogP contribution in [0, 0.1) is 5.92 Å². The Balaban J connectivity index is 1.59. The van der Waals surface area contributed by atoms with Crippen molar-refractivity contribution in [3.05, 3.63) is 11.7 Å². The van der Waals surface area contributed by atoms with Crippen molar-refractivity contribution < 1.29 is 4.52 Å². The standard InChI is InChI=1S/C12H20N4O/c1-2-9(7-13-4-1)6-11-15-12(17-16-11)10-3-5-14-8-10/h9-10,13-14H,1-8H2. The Morgan fingerprint density at radius 2 is 2.12 bits per heavy atom. The van der Waals surface area contributed by atoms with E-state index in [1.165, 1.54) is 12.8 Å². The largest absolute Gasteiger partial charge is 0.339 e. The Hall–Kier alpha value is -0.940. The molecule has 0 saturated carbocycles. The molecule has 2 aliphatic heterocycles. The summed E-state index contributed by atoms with van der Waals surface area (Å²) in [6, 6.07) is 0. The van der Waals surface area contributed by atoms with E-state index in [-0.39, 0.29) is 0 Å².